The smallest absolute Gasteiger partial charge is 0.303 e. The minimum atomic E-state index is -0.697. The van der Waals surface area contributed by atoms with E-state index in [1.165, 1.54) is 0 Å². The Morgan fingerprint density at radius 3 is 3.06 bits per heavy atom. The SMILES string of the molecule is CC(C)c1cn2c(n1)CCC(CC(=O)O)C2. The van der Waals surface area contributed by atoms with Crippen molar-refractivity contribution in [3.63, 3.8) is 0 Å². The number of aromatic nitrogens is 2. The van der Waals surface area contributed by atoms with Gasteiger partial charge in [-0.3, -0.25) is 4.79 Å². The third kappa shape index (κ3) is 2.26. The highest BCUT2D eigenvalue weighted by atomic mass is 16.4. The lowest BCUT2D eigenvalue weighted by Gasteiger charge is -2.21. The Hall–Kier alpha value is -1.32. The maximum absolute atomic E-state index is 10.7. The number of nitrogens with zero attached hydrogens (tertiary/aromatic N) is 2. The Morgan fingerprint density at radius 2 is 2.44 bits per heavy atom. The highest BCUT2D eigenvalue weighted by Gasteiger charge is 2.22. The molecule has 0 spiro atoms. The monoisotopic (exact) mass is 222 g/mol. The topological polar surface area (TPSA) is 55.1 Å². The molecule has 0 radical (unpaired) electrons. The van der Waals surface area contributed by atoms with E-state index in [4.69, 9.17) is 5.11 Å². The number of aryl methyl sites for hydroxylation is 1. The van der Waals surface area contributed by atoms with Crippen molar-refractivity contribution in [3.8, 4) is 0 Å². The van der Waals surface area contributed by atoms with Crippen molar-refractivity contribution in [3.05, 3.63) is 17.7 Å². The van der Waals surface area contributed by atoms with Crippen LogP contribution in [-0.2, 0) is 17.8 Å². The number of carbonyl (C=O) groups is 1. The van der Waals surface area contributed by atoms with Crippen molar-refractivity contribution in [2.75, 3.05) is 0 Å². The molecular weight excluding hydrogens is 204 g/mol. The average molecular weight is 222 g/mol. The Balaban J connectivity index is 2.11. The van der Waals surface area contributed by atoms with Gasteiger partial charge in [-0.1, -0.05) is 13.8 Å². The van der Waals surface area contributed by atoms with E-state index in [2.05, 4.69) is 29.6 Å². The van der Waals surface area contributed by atoms with Crippen molar-refractivity contribution in [2.24, 2.45) is 5.92 Å². The van der Waals surface area contributed by atoms with Gasteiger partial charge < -0.3 is 9.67 Å². The highest BCUT2D eigenvalue weighted by molar-refractivity contribution is 5.67. The van der Waals surface area contributed by atoms with E-state index in [1.807, 2.05) is 0 Å². The number of imidazole rings is 1. The second-order valence-corrected chi connectivity index (χ2v) is 4.89. The summed E-state index contributed by atoms with van der Waals surface area (Å²) >= 11 is 0. The second-order valence-electron chi connectivity index (χ2n) is 4.89. The van der Waals surface area contributed by atoms with Gasteiger partial charge in [-0.2, -0.15) is 0 Å². The van der Waals surface area contributed by atoms with Gasteiger partial charge in [0, 0.05) is 25.6 Å². The molecule has 1 aromatic rings. The third-order valence-electron chi connectivity index (χ3n) is 3.16. The maximum atomic E-state index is 10.7. The lowest BCUT2D eigenvalue weighted by atomic mass is 9.96. The summed E-state index contributed by atoms with van der Waals surface area (Å²) in [7, 11) is 0. The molecule has 1 aliphatic rings. The zero-order chi connectivity index (χ0) is 11.7. The number of hydrogen-bond acceptors (Lipinski definition) is 2. The first-order chi connectivity index (χ1) is 7.56. The molecule has 1 aliphatic heterocycles. The van der Waals surface area contributed by atoms with E-state index in [9.17, 15) is 4.79 Å². The minimum absolute atomic E-state index is 0.263. The molecule has 88 valence electrons. The van der Waals surface area contributed by atoms with Crippen LogP contribution in [0.3, 0.4) is 0 Å². The second kappa shape index (κ2) is 4.28. The van der Waals surface area contributed by atoms with Crippen LogP contribution in [0.25, 0.3) is 0 Å². The summed E-state index contributed by atoms with van der Waals surface area (Å²) in [4.78, 5) is 15.2. The van der Waals surface area contributed by atoms with Gasteiger partial charge in [0.25, 0.3) is 0 Å². The molecule has 2 rings (SSSR count). The molecule has 2 heterocycles. The van der Waals surface area contributed by atoms with Gasteiger partial charge in [-0.25, -0.2) is 4.98 Å². The molecule has 1 atom stereocenters. The maximum Gasteiger partial charge on any atom is 0.303 e. The Bertz CT molecular complexity index is 396. The van der Waals surface area contributed by atoms with Gasteiger partial charge in [0.05, 0.1) is 5.69 Å². The quantitative estimate of drug-likeness (QED) is 0.851. The lowest BCUT2D eigenvalue weighted by Crippen LogP contribution is -2.22. The minimum Gasteiger partial charge on any atom is -0.481 e. The summed E-state index contributed by atoms with van der Waals surface area (Å²) in [5.41, 5.74) is 1.12. The fraction of sp³-hybridized carbons (Fsp3) is 0.667. The summed E-state index contributed by atoms with van der Waals surface area (Å²) < 4.78 is 2.13. The van der Waals surface area contributed by atoms with E-state index in [0.717, 1.165) is 30.9 Å². The number of fused-ring (bicyclic) bond motifs is 1. The normalized spacial score (nSPS) is 19.8. The zero-order valence-electron chi connectivity index (χ0n) is 9.81. The molecule has 1 N–H and O–H groups in total. The highest BCUT2D eigenvalue weighted by Crippen LogP contribution is 2.24. The van der Waals surface area contributed by atoms with Gasteiger partial charge in [0.15, 0.2) is 0 Å². The third-order valence-corrected chi connectivity index (χ3v) is 3.16. The van der Waals surface area contributed by atoms with Gasteiger partial charge in [-0.15, -0.1) is 0 Å². The first kappa shape index (κ1) is 11.2. The van der Waals surface area contributed by atoms with Crippen LogP contribution in [-0.4, -0.2) is 20.6 Å². The molecule has 1 unspecified atom stereocenters. The standard InChI is InChI=1S/C12H18N2O2/c1-8(2)10-7-14-6-9(5-12(15)16)3-4-11(14)13-10/h7-9H,3-6H2,1-2H3,(H,15,16). The zero-order valence-corrected chi connectivity index (χ0v) is 9.81. The van der Waals surface area contributed by atoms with Gasteiger partial charge >= 0.3 is 5.97 Å². The van der Waals surface area contributed by atoms with Crippen LogP contribution in [0.5, 0.6) is 0 Å². The molecule has 0 aliphatic carbocycles. The summed E-state index contributed by atoms with van der Waals surface area (Å²) in [6.45, 7) is 5.06. The van der Waals surface area contributed by atoms with Crippen LogP contribution < -0.4 is 0 Å². The molecule has 0 saturated carbocycles. The largest absolute Gasteiger partial charge is 0.481 e. The number of carboxylic acid groups (broad SMARTS) is 1. The summed E-state index contributed by atoms with van der Waals surface area (Å²) in [6.07, 6.45) is 4.20. The van der Waals surface area contributed by atoms with Crippen molar-refractivity contribution in [1.29, 1.82) is 0 Å². The van der Waals surface area contributed by atoms with Gasteiger partial charge in [-0.05, 0) is 18.3 Å². The first-order valence-electron chi connectivity index (χ1n) is 5.84. The van der Waals surface area contributed by atoms with E-state index >= 15 is 0 Å². The molecule has 0 amide bonds. The van der Waals surface area contributed by atoms with E-state index in [0.29, 0.717) is 5.92 Å². The number of rotatable bonds is 3. The van der Waals surface area contributed by atoms with Gasteiger partial charge in [0.1, 0.15) is 5.82 Å². The Labute approximate surface area is 95.3 Å². The summed E-state index contributed by atoms with van der Waals surface area (Å²) in [6, 6.07) is 0. The van der Waals surface area contributed by atoms with Crippen LogP contribution in [0.1, 0.15) is 44.1 Å². The molecule has 16 heavy (non-hydrogen) atoms. The van der Waals surface area contributed by atoms with E-state index < -0.39 is 5.97 Å². The van der Waals surface area contributed by atoms with Crippen LogP contribution in [0.2, 0.25) is 0 Å². The molecule has 0 fully saturated rings. The lowest BCUT2D eigenvalue weighted by molar-refractivity contribution is -0.138. The van der Waals surface area contributed by atoms with Crippen molar-refractivity contribution in [1.82, 2.24) is 9.55 Å². The average Bonchev–Trinajstić information content (AvgIpc) is 2.59. The predicted octanol–water partition coefficient (Wildman–Crippen LogP) is 2.04. The van der Waals surface area contributed by atoms with Crippen molar-refractivity contribution < 1.29 is 9.90 Å². The molecule has 0 saturated heterocycles. The number of carboxylic acids is 1. The summed E-state index contributed by atoms with van der Waals surface area (Å²) in [5.74, 6) is 1.12. The van der Waals surface area contributed by atoms with Crippen LogP contribution >= 0.6 is 0 Å². The fourth-order valence-electron chi connectivity index (χ4n) is 2.23. The Kier molecular flexibility index (Phi) is 2.99. The molecule has 1 aromatic heterocycles. The van der Waals surface area contributed by atoms with Crippen LogP contribution in [0.15, 0.2) is 6.20 Å². The Morgan fingerprint density at radius 1 is 1.69 bits per heavy atom. The van der Waals surface area contributed by atoms with E-state index in [-0.39, 0.29) is 12.3 Å². The van der Waals surface area contributed by atoms with Gasteiger partial charge in [0.2, 0.25) is 0 Å². The molecule has 4 nitrogen and oxygen atoms in total. The molecule has 4 heteroatoms. The summed E-state index contributed by atoms with van der Waals surface area (Å²) in [5, 5.41) is 8.78. The number of hydrogen-bond donors (Lipinski definition) is 1. The molecule has 0 bridgehead atoms. The van der Waals surface area contributed by atoms with Crippen LogP contribution in [0, 0.1) is 5.92 Å². The first-order valence-corrected chi connectivity index (χ1v) is 5.84. The fourth-order valence-corrected chi connectivity index (χ4v) is 2.23. The van der Waals surface area contributed by atoms with Crippen molar-refractivity contribution in [2.45, 2.75) is 45.6 Å². The van der Waals surface area contributed by atoms with Crippen LogP contribution in [0.4, 0.5) is 0 Å². The molecular formula is C12H18N2O2. The van der Waals surface area contributed by atoms with E-state index in [1.54, 1.807) is 0 Å². The predicted molar refractivity (Wildman–Crippen MR) is 60.4 cm³/mol. The molecule has 0 aromatic carbocycles. The van der Waals surface area contributed by atoms with Crippen molar-refractivity contribution >= 4 is 5.97 Å². The number of aliphatic carboxylic acids is 1.